The second kappa shape index (κ2) is 4.75. The van der Waals surface area contributed by atoms with Crippen molar-refractivity contribution in [1.29, 1.82) is 0 Å². The molecule has 0 fully saturated rings. The van der Waals surface area contributed by atoms with E-state index in [-0.39, 0.29) is 0 Å². The van der Waals surface area contributed by atoms with Gasteiger partial charge in [0, 0.05) is 6.07 Å². The van der Waals surface area contributed by atoms with Gasteiger partial charge in [0.05, 0.1) is 13.7 Å². The highest BCUT2D eigenvalue weighted by Crippen LogP contribution is 2.19. The van der Waals surface area contributed by atoms with E-state index in [2.05, 4.69) is 13.8 Å². The molecule has 1 aromatic carbocycles. The normalized spacial score (nSPS) is 10.2. The van der Waals surface area contributed by atoms with Gasteiger partial charge in [-0.1, -0.05) is 19.9 Å². The van der Waals surface area contributed by atoms with Crippen molar-refractivity contribution in [3.63, 3.8) is 0 Å². The molecule has 0 radical (unpaired) electrons. The van der Waals surface area contributed by atoms with E-state index in [0.717, 1.165) is 18.1 Å². The van der Waals surface area contributed by atoms with Crippen molar-refractivity contribution >= 4 is 0 Å². The van der Waals surface area contributed by atoms with Gasteiger partial charge in [-0.3, -0.25) is 0 Å². The number of benzene rings is 1. The molecule has 13 heavy (non-hydrogen) atoms. The predicted molar refractivity (Wildman–Crippen MR) is 53.3 cm³/mol. The Bertz CT molecular complexity index is 256. The van der Waals surface area contributed by atoms with Gasteiger partial charge in [0.2, 0.25) is 0 Å². The summed E-state index contributed by atoms with van der Waals surface area (Å²) < 4.78 is 10.6. The standard InChI is InChI=1S/C11H16O2/c1-9(2)8-13-11-6-4-5-10(7-11)12-3/h4-7,9H,8H2,1-3H3. The largest absolute Gasteiger partial charge is 0.497 e. The van der Waals surface area contributed by atoms with Crippen LogP contribution in [0.2, 0.25) is 0 Å². The molecule has 0 saturated carbocycles. The Morgan fingerprint density at radius 3 is 2.54 bits per heavy atom. The summed E-state index contributed by atoms with van der Waals surface area (Å²) in [5, 5.41) is 0. The predicted octanol–water partition coefficient (Wildman–Crippen LogP) is 2.73. The van der Waals surface area contributed by atoms with Crippen molar-refractivity contribution in [2.45, 2.75) is 13.8 Å². The summed E-state index contributed by atoms with van der Waals surface area (Å²) >= 11 is 0. The van der Waals surface area contributed by atoms with E-state index in [1.165, 1.54) is 0 Å². The Hall–Kier alpha value is -1.18. The van der Waals surface area contributed by atoms with Crippen LogP contribution in [-0.4, -0.2) is 13.7 Å². The third kappa shape index (κ3) is 3.36. The lowest BCUT2D eigenvalue weighted by Crippen LogP contribution is -2.04. The molecule has 0 bridgehead atoms. The quantitative estimate of drug-likeness (QED) is 0.709. The minimum Gasteiger partial charge on any atom is -0.497 e. The first kappa shape index (κ1) is 9.90. The molecule has 0 aliphatic carbocycles. The van der Waals surface area contributed by atoms with Gasteiger partial charge in [0.15, 0.2) is 0 Å². The Morgan fingerprint density at radius 2 is 1.92 bits per heavy atom. The molecule has 0 unspecified atom stereocenters. The van der Waals surface area contributed by atoms with Crippen LogP contribution in [0.5, 0.6) is 11.5 Å². The van der Waals surface area contributed by atoms with E-state index in [0.29, 0.717) is 5.92 Å². The molecule has 0 amide bonds. The van der Waals surface area contributed by atoms with E-state index < -0.39 is 0 Å². The van der Waals surface area contributed by atoms with Gasteiger partial charge < -0.3 is 9.47 Å². The summed E-state index contributed by atoms with van der Waals surface area (Å²) in [5.74, 6) is 2.25. The molecule has 0 atom stereocenters. The van der Waals surface area contributed by atoms with Crippen LogP contribution in [0.15, 0.2) is 24.3 Å². The monoisotopic (exact) mass is 180 g/mol. The fourth-order valence-electron chi connectivity index (χ4n) is 0.954. The van der Waals surface area contributed by atoms with Crippen molar-refractivity contribution in [2.24, 2.45) is 5.92 Å². The third-order valence-electron chi connectivity index (χ3n) is 1.62. The average Bonchev–Trinajstić information content (AvgIpc) is 2.15. The number of rotatable bonds is 4. The highest BCUT2D eigenvalue weighted by molar-refractivity contribution is 5.32. The minimum absolute atomic E-state index is 0.547. The minimum atomic E-state index is 0.547. The summed E-state index contributed by atoms with van der Waals surface area (Å²) in [5.41, 5.74) is 0. The van der Waals surface area contributed by atoms with Crippen molar-refractivity contribution in [2.75, 3.05) is 13.7 Å². The first-order valence-corrected chi connectivity index (χ1v) is 4.49. The van der Waals surface area contributed by atoms with Gasteiger partial charge in [-0.2, -0.15) is 0 Å². The topological polar surface area (TPSA) is 18.5 Å². The number of hydrogen-bond donors (Lipinski definition) is 0. The van der Waals surface area contributed by atoms with E-state index in [9.17, 15) is 0 Å². The van der Waals surface area contributed by atoms with Crippen molar-refractivity contribution in [3.8, 4) is 11.5 Å². The van der Waals surface area contributed by atoms with E-state index in [1.807, 2.05) is 24.3 Å². The summed E-state index contributed by atoms with van der Waals surface area (Å²) in [6.45, 7) is 4.99. The molecule has 0 saturated heterocycles. The van der Waals surface area contributed by atoms with Crippen LogP contribution in [0.3, 0.4) is 0 Å². The lowest BCUT2D eigenvalue weighted by atomic mass is 10.2. The maximum absolute atomic E-state index is 5.53. The molecule has 0 aliphatic heterocycles. The third-order valence-corrected chi connectivity index (χ3v) is 1.62. The van der Waals surface area contributed by atoms with Gasteiger partial charge in [-0.25, -0.2) is 0 Å². The molecule has 72 valence electrons. The van der Waals surface area contributed by atoms with Crippen LogP contribution in [-0.2, 0) is 0 Å². The molecular weight excluding hydrogens is 164 g/mol. The van der Waals surface area contributed by atoms with Crippen LogP contribution < -0.4 is 9.47 Å². The molecule has 1 aromatic rings. The van der Waals surface area contributed by atoms with Gasteiger partial charge in [0.25, 0.3) is 0 Å². The highest BCUT2D eigenvalue weighted by Gasteiger charge is 1.98. The Morgan fingerprint density at radius 1 is 1.23 bits per heavy atom. The van der Waals surface area contributed by atoms with Crippen LogP contribution in [0, 0.1) is 5.92 Å². The van der Waals surface area contributed by atoms with Gasteiger partial charge in [0.1, 0.15) is 11.5 Å². The van der Waals surface area contributed by atoms with Crippen molar-refractivity contribution in [3.05, 3.63) is 24.3 Å². The zero-order valence-electron chi connectivity index (χ0n) is 8.41. The zero-order chi connectivity index (χ0) is 9.68. The number of methoxy groups -OCH3 is 1. The van der Waals surface area contributed by atoms with Crippen LogP contribution in [0.25, 0.3) is 0 Å². The van der Waals surface area contributed by atoms with E-state index in [1.54, 1.807) is 7.11 Å². The second-order valence-electron chi connectivity index (χ2n) is 3.38. The van der Waals surface area contributed by atoms with E-state index in [4.69, 9.17) is 9.47 Å². The fourth-order valence-corrected chi connectivity index (χ4v) is 0.954. The summed E-state index contributed by atoms with van der Waals surface area (Å²) in [6.07, 6.45) is 0. The smallest absolute Gasteiger partial charge is 0.122 e. The Labute approximate surface area is 79.5 Å². The molecule has 0 heterocycles. The first-order chi connectivity index (χ1) is 6.22. The van der Waals surface area contributed by atoms with Crippen molar-refractivity contribution in [1.82, 2.24) is 0 Å². The Kier molecular flexibility index (Phi) is 3.62. The summed E-state index contributed by atoms with van der Waals surface area (Å²) in [7, 11) is 1.65. The van der Waals surface area contributed by atoms with Gasteiger partial charge >= 0.3 is 0 Å². The molecule has 2 heteroatoms. The maximum atomic E-state index is 5.53. The number of hydrogen-bond acceptors (Lipinski definition) is 2. The Balaban J connectivity index is 2.56. The molecular formula is C11H16O2. The molecule has 0 spiro atoms. The molecule has 0 aliphatic rings. The highest BCUT2D eigenvalue weighted by atomic mass is 16.5. The molecule has 1 rings (SSSR count). The maximum Gasteiger partial charge on any atom is 0.122 e. The first-order valence-electron chi connectivity index (χ1n) is 4.49. The fraction of sp³-hybridized carbons (Fsp3) is 0.455. The average molecular weight is 180 g/mol. The summed E-state index contributed by atoms with van der Waals surface area (Å²) in [6, 6.07) is 7.66. The summed E-state index contributed by atoms with van der Waals surface area (Å²) in [4.78, 5) is 0. The second-order valence-corrected chi connectivity index (χ2v) is 3.38. The lowest BCUT2D eigenvalue weighted by Gasteiger charge is -2.09. The molecule has 2 nitrogen and oxygen atoms in total. The molecule has 0 N–H and O–H groups in total. The van der Waals surface area contributed by atoms with Crippen LogP contribution in [0.4, 0.5) is 0 Å². The SMILES string of the molecule is COc1cccc(OCC(C)C)c1. The number of ether oxygens (including phenoxy) is 2. The van der Waals surface area contributed by atoms with Crippen LogP contribution >= 0.6 is 0 Å². The van der Waals surface area contributed by atoms with E-state index >= 15 is 0 Å². The van der Waals surface area contributed by atoms with Gasteiger partial charge in [-0.15, -0.1) is 0 Å². The zero-order valence-corrected chi connectivity index (χ0v) is 8.41. The lowest BCUT2D eigenvalue weighted by molar-refractivity contribution is 0.269. The van der Waals surface area contributed by atoms with Crippen molar-refractivity contribution < 1.29 is 9.47 Å². The van der Waals surface area contributed by atoms with Crippen LogP contribution in [0.1, 0.15) is 13.8 Å². The molecule has 0 aromatic heterocycles. The van der Waals surface area contributed by atoms with Gasteiger partial charge in [-0.05, 0) is 18.1 Å².